The smallest absolute Gasteiger partial charge is 0.325 e. The van der Waals surface area contributed by atoms with E-state index >= 15 is 0 Å². The lowest BCUT2D eigenvalue weighted by atomic mass is 9.74. The van der Waals surface area contributed by atoms with Gasteiger partial charge in [-0.2, -0.15) is 0 Å². The number of amides is 4. The van der Waals surface area contributed by atoms with Gasteiger partial charge in [-0.3, -0.25) is 14.5 Å². The predicted molar refractivity (Wildman–Crippen MR) is 126 cm³/mol. The number of piperidine rings is 1. The van der Waals surface area contributed by atoms with Gasteiger partial charge in [0.2, 0.25) is 0 Å². The van der Waals surface area contributed by atoms with E-state index in [0.717, 1.165) is 11.3 Å². The quantitative estimate of drug-likeness (QED) is 0.569. The molecule has 6 nitrogen and oxygen atoms in total. The monoisotopic (exact) mass is 491 g/mol. The van der Waals surface area contributed by atoms with Gasteiger partial charge in [-0.25, -0.2) is 9.18 Å². The van der Waals surface area contributed by atoms with Gasteiger partial charge in [0.25, 0.3) is 11.8 Å². The van der Waals surface area contributed by atoms with Crippen molar-refractivity contribution in [3.05, 3.63) is 57.0 Å². The fraction of sp³-hybridized carbons (Fsp3) is 0.458. The minimum absolute atomic E-state index is 0.0542. The molecule has 2 aromatic rings. The number of hydrogen-bond acceptors (Lipinski definition) is 4. The van der Waals surface area contributed by atoms with Crippen LogP contribution in [0.1, 0.15) is 47.8 Å². The third kappa shape index (κ3) is 4.64. The molecule has 176 valence electrons. The van der Waals surface area contributed by atoms with E-state index < -0.39 is 11.4 Å². The Labute approximate surface area is 201 Å². The lowest BCUT2D eigenvalue weighted by Crippen LogP contribution is -2.56. The molecule has 4 amide bonds. The summed E-state index contributed by atoms with van der Waals surface area (Å²) >= 11 is 7.45. The lowest BCUT2D eigenvalue weighted by molar-refractivity contribution is -0.134. The lowest BCUT2D eigenvalue weighted by Gasteiger charge is -2.41. The molecule has 2 fully saturated rings. The van der Waals surface area contributed by atoms with Gasteiger partial charge in [-0.05, 0) is 61.2 Å². The molecule has 1 aromatic heterocycles. The van der Waals surface area contributed by atoms with Crippen LogP contribution in [0.25, 0.3) is 0 Å². The SMILES string of the molecule is CCC[C@]1(C2CCN(C(=O)c3ccc(F)c(Cl)c3)CC2)NC(=O)N(CCc2cccs2)C1=O. The molecule has 1 atom stereocenters. The number of rotatable bonds is 7. The molecule has 0 unspecified atom stereocenters. The van der Waals surface area contributed by atoms with E-state index in [2.05, 4.69) is 5.32 Å². The van der Waals surface area contributed by atoms with Crippen LogP contribution in [0.2, 0.25) is 5.02 Å². The predicted octanol–water partition coefficient (Wildman–Crippen LogP) is 4.73. The van der Waals surface area contributed by atoms with Crippen LogP contribution in [0.15, 0.2) is 35.7 Å². The Morgan fingerprint density at radius 3 is 2.67 bits per heavy atom. The number of thiophene rings is 1. The number of halogens is 2. The molecule has 0 saturated carbocycles. The van der Waals surface area contributed by atoms with Crippen LogP contribution in [0.4, 0.5) is 9.18 Å². The van der Waals surface area contributed by atoms with Crippen LogP contribution in [-0.4, -0.2) is 52.8 Å². The van der Waals surface area contributed by atoms with Crippen molar-refractivity contribution in [2.24, 2.45) is 5.92 Å². The van der Waals surface area contributed by atoms with Crippen LogP contribution in [0.3, 0.4) is 0 Å². The molecule has 0 aliphatic carbocycles. The summed E-state index contributed by atoms with van der Waals surface area (Å²) in [7, 11) is 0. The van der Waals surface area contributed by atoms with Gasteiger partial charge >= 0.3 is 6.03 Å². The first kappa shape index (κ1) is 23.7. The largest absolute Gasteiger partial charge is 0.339 e. The van der Waals surface area contributed by atoms with Crippen molar-refractivity contribution in [3.63, 3.8) is 0 Å². The van der Waals surface area contributed by atoms with Crippen LogP contribution < -0.4 is 5.32 Å². The maximum Gasteiger partial charge on any atom is 0.325 e. The van der Waals surface area contributed by atoms with Crippen LogP contribution in [0, 0.1) is 11.7 Å². The van der Waals surface area contributed by atoms with Crippen LogP contribution >= 0.6 is 22.9 Å². The Morgan fingerprint density at radius 2 is 2.03 bits per heavy atom. The Balaban J connectivity index is 1.44. The van der Waals surface area contributed by atoms with Crippen LogP contribution in [-0.2, 0) is 11.2 Å². The van der Waals surface area contributed by atoms with E-state index in [1.165, 1.54) is 23.1 Å². The van der Waals surface area contributed by atoms with Gasteiger partial charge in [0.1, 0.15) is 11.4 Å². The number of nitrogens with zero attached hydrogens (tertiary/aromatic N) is 2. The highest BCUT2D eigenvalue weighted by Crippen LogP contribution is 2.37. The summed E-state index contributed by atoms with van der Waals surface area (Å²) in [6.45, 7) is 3.29. The Bertz CT molecular complexity index is 1040. The van der Waals surface area contributed by atoms with E-state index in [4.69, 9.17) is 11.6 Å². The zero-order chi connectivity index (χ0) is 23.6. The van der Waals surface area contributed by atoms with Crippen molar-refractivity contribution in [1.29, 1.82) is 0 Å². The zero-order valence-electron chi connectivity index (χ0n) is 18.5. The number of nitrogens with one attached hydrogen (secondary N) is 1. The molecule has 4 rings (SSSR count). The van der Waals surface area contributed by atoms with Gasteiger partial charge in [-0.1, -0.05) is 31.0 Å². The summed E-state index contributed by atoms with van der Waals surface area (Å²) in [5.41, 5.74) is -0.580. The number of carbonyl (C=O) groups is 3. The van der Waals surface area contributed by atoms with E-state index in [0.29, 0.717) is 50.9 Å². The third-order valence-electron chi connectivity index (χ3n) is 6.65. The normalized spacial score (nSPS) is 21.5. The van der Waals surface area contributed by atoms with Gasteiger partial charge < -0.3 is 10.2 Å². The highest BCUT2D eigenvalue weighted by molar-refractivity contribution is 7.09. The third-order valence-corrected chi connectivity index (χ3v) is 7.88. The van der Waals surface area contributed by atoms with Gasteiger partial charge in [0, 0.05) is 30.1 Å². The van der Waals surface area contributed by atoms with E-state index in [1.807, 2.05) is 24.4 Å². The summed E-state index contributed by atoms with van der Waals surface area (Å²) in [5.74, 6) is -0.978. The van der Waals surface area contributed by atoms with Crippen LogP contribution in [0.5, 0.6) is 0 Å². The fourth-order valence-corrected chi connectivity index (χ4v) is 5.84. The average molecular weight is 492 g/mol. The number of carbonyl (C=O) groups excluding carboxylic acids is 3. The van der Waals surface area contributed by atoms with Crippen molar-refractivity contribution in [2.45, 2.75) is 44.6 Å². The van der Waals surface area contributed by atoms with Gasteiger partial charge in [0.15, 0.2) is 0 Å². The highest BCUT2D eigenvalue weighted by Gasteiger charge is 2.55. The molecule has 3 heterocycles. The second-order valence-corrected chi connectivity index (χ2v) is 10.1. The number of benzene rings is 1. The summed E-state index contributed by atoms with van der Waals surface area (Å²) in [6, 6.07) is 7.60. The Hall–Kier alpha value is -2.45. The van der Waals surface area contributed by atoms with E-state index in [1.54, 1.807) is 16.2 Å². The second-order valence-electron chi connectivity index (χ2n) is 8.63. The van der Waals surface area contributed by atoms with Crippen molar-refractivity contribution >= 4 is 40.8 Å². The Morgan fingerprint density at radius 1 is 1.27 bits per heavy atom. The molecule has 2 saturated heterocycles. The van der Waals surface area contributed by atoms with E-state index in [9.17, 15) is 18.8 Å². The molecule has 1 aromatic carbocycles. The number of urea groups is 1. The van der Waals surface area contributed by atoms with Gasteiger partial charge in [-0.15, -0.1) is 11.3 Å². The standard InChI is InChI=1S/C24H27ClFN3O3S/c1-2-10-24(22(31)29(23(32)27-24)13-9-18-4-3-14-33-18)17-7-11-28(12-8-17)21(30)16-5-6-20(26)19(25)15-16/h3-6,14-15,17H,2,7-13H2,1H3,(H,27,32)/t24-/m1/s1. The molecule has 1 N–H and O–H groups in total. The Kier molecular flexibility index (Phi) is 7.05. The minimum atomic E-state index is -0.921. The van der Waals surface area contributed by atoms with Crippen molar-refractivity contribution < 1.29 is 18.8 Å². The maximum absolute atomic E-state index is 13.5. The summed E-state index contributed by atoms with van der Waals surface area (Å²) in [6.07, 6.45) is 3.18. The molecule has 0 radical (unpaired) electrons. The first-order valence-electron chi connectivity index (χ1n) is 11.3. The van der Waals surface area contributed by atoms with Crippen molar-refractivity contribution in [3.8, 4) is 0 Å². The number of imide groups is 1. The molecular formula is C24H27ClFN3O3S. The topological polar surface area (TPSA) is 69.7 Å². The van der Waals surface area contributed by atoms with Gasteiger partial charge in [0.05, 0.1) is 5.02 Å². The molecular weight excluding hydrogens is 465 g/mol. The maximum atomic E-state index is 13.5. The minimum Gasteiger partial charge on any atom is -0.339 e. The highest BCUT2D eigenvalue weighted by atomic mass is 35.5. The first-order valence-corrected chi connectivity index (χ1v) is 12.5. The molecule has 9 heteroatoms. The summed E-state index contributed by atoms with van der Waals surface area (Å²) in [4.78, 5) is 43.3. The van der Waals surface area contributed by atoms with Crippen molar-refractivity contribution in [1.82, 2.24) is 15.1 Å². The molecule has 0 spiro atoms. The number of hydrogen-bond donors (Lipinski definition) is 1. The summed E-state index contributed by atoms with van der Waals surface area (Å²) < 4.78 is 13.5. The molecule has 2 aliphatic rings. The first-order chi connectivity index (χ1) is 15.9. The second kappa shape index (κ2) is 9.81. The summed E-state index contributed by atoms with van der Waals surface area (Å²) in [5, 5.41) is 4.94. The zero-order valence-corrected chi connectivity index (χ0v) is 20.1. The molecule has 2 aliphatic heterocycles. The fourth-order valence-electron chi connectivity index (χ4n) is 4.96. The average Bonchev–Trinajstić information content (AvgIpc) is 3.41. The molecule has 0 bridgehead atoms. The molecule has 33 heavy (non-hydrogen) atoms. The number of likely N-dealkylation sites (tertiary alicyclic amines) is 1. The van der Waals surface area contributed by atoms with Crippen molar-refractivity contribution in [2.75, 3.05) is 19.6 Å². The van der Waals surface area contributed by atoms with E-state index in [-0.39, 0.29) is 28.8 Å².